The fraction of sp³-hybridized carbons (Fsp3) is 0.600. The van der Waals surface area contributed by atoms with E-state index in [1.165, 1.54) is 0 Å². The Morgan fingerprint density at radius 2 is 1.92 bits per heavy atom. The van der Waals surface area contributed by atoms with Gasteiger partial charge in [0.1, 0.15) is 5.75 Å². The van der Waals surface area contributed by atoms with Crippen LogP contribution in [-0.4, -0.2) is 43.5 Å². The van der Waals surface area contributed by atoms with E-state index >= 15 is 0 Å². The molecule has 1 saturated carbocycles. The number of carbonyl (C=O) groups is 2. The number of benzene rings is 1. The molecule has 2 aliphatic rings. The third kappa shape index (κ3) is 3.65. The van der Waals surface area contributed by atoms with Crippen LogP contribution < -0.4 is 10.1 Å². The lowest BCUT2D eigenvalue weighted by molar-refractivity contribution is -0.130. The minimum absolute atomic E-state index is 0.00538. The van der Waals surface area contributed by atoms with Crippen LogP contribution in [0.4, 0.5) is 0 Å². The van der Waals surface area contributed by atoms with E-state index in [1.54, 1.807) is 7.05 Å². The van der Waals surface area contributed by atoms with Crippen molar-refractivity contribution < 1.29 is 14.3 Å². The van der Waals surface area contributed by atoms with Gasteiger partial charge in [0.25, 0.3) is 0 Å². The highest BCUT2D eigenvalue weighted by atomic mass is 16.5. The molecule has 25 heavy (non-hydrogen) atoms. The van der Waals surface area contributed by atoms with Crippen LogP contribution in [0.5, 0.6) is 5.75 Å². The van der Waals surface area contributed by atoms with E-state index in [0.29, 0.717) is 19.6 Å². The Labute approximate surface area is 149 Å². The molecule has 1 saturated heterocycles. The maximum Gasteiger partial charge on any atom is 0.227 e. The quantitative estimate of drug-likeness (QED) is 0.892. The van der Waals surface area contributed by atoms with Gasteiger partial charge in [-0.05, 0) is 37.5 Å². The molecule has 136 valence electrons. The van der Waals surface area contributed by atoms with E-state index < -0.39 is 0 Å². The van der Waals surface area contributed by atoms with Gasteiger partial charge in [-0.15, -0.1) is 0 Å². The average molecular weight is 344 g/mol. The molecule has 1 spiro atoms. The van der Waals surface area contributed by atoms with Crippen molar-refractivity contribution in [3.8, 4) is 5.75 Å². The lowest BCUT2D eigenvalue weighted by Crippen LogP contribution is -2.38. The second kappa shape index (κ2) is 7.46. The van der Waals surface area contributed by atoms with E-state index in [4.69, 9.17) is 4.74 Å². The smallest absolute Gasteiger partial charge is 0.227 e. The number of amides is 2. The summed E-state index contributed by atoms with van der Waals surface area (Å²) < 4.78 is 5.44. The second-order valence-electron chi connectivity index (χ2n) is 7.26. The highest BCUT2D eigenvalue weighted by molar-refractivity contribution is 5.84. The second-order valence-corrected chi connectivity index (χ2v) is 7.26. The number of hydrogen-bond donors (Lipinski definition) is 1. The van der Waals surface area contributed by atoms with E-state index in [2.05, 4.69) is 5.32 Å². The fourth-order valence-electron chi connectivity index (χ4n) is 4.44. The van der Waals surface area contributed by atoms with E-state index in [0.717, 1.165) is 43.5 Å². The first-order chi connectivity index (χ1) is 12.1. The number of nitrogens with one attached hydrogen (secondary N) is 1. The topological polar surface area (TPSA) is 58.6 Å². The van der Waals surface area contributed by atoms with Crippen molar-refractivity contribution in [2.24, 2.45) is 11.3 Å². The zero-order valence-electron chi connectivity index (χ0n) is 15.2. The van der Waals surface area contributed by atoms with Gasteiger partial charge in [-0.1, -0.05) is 25.0 Å². The molecule has 5 heteroatoms. The summed E-state index contributed by atoms with van der Waals surface area (Å²) in [5.41, 5.74) is 0.978. The van der Waals surface area contributed by atoms with E-state index in [1.807, 2.05) is 36.1 Å². The molecule has 5 nitrogen and oxygen atoms in total. The minimum Gasteiger partial charge on any atom is -0.494 e. The zero-order valence-corrected chi connectivity index (χ0v) is 15.2. The summed E-state index contributed by atoms with van der Waals surface area (Å²) in [5.74, 6) is 0.953. The Bertz CT molecular complexity index is 620. The maximum atomic E-state index is 12.8. The van der Waals surface area contributed by atoms with Gasteiger partial charge in [0, 0.05) is 25.6 Å². The normalized spacial score (nSPS) is 21.5. The number of rotatable bonds is 5. The molecular weight excluding hydrogens is 316 g/mol. The summed E-state index contributed by atoms with van der Waals surface area (Å²) >= 11 is 0. The van der Waals surface area contributed by atoms with Gasteiger partial charge in [-0.3, -0.25) is 9.59 Å². The molecule has 1 atom stereocenters. The summed E-state index contributed by atoms with van der Waals surface area (Å²) in [6.45, 7) is 3.86. The molecule has 1 aliphatic carbocycles. The third-order valence-corrected chi connectivity index (χ3v) is 5.75. The van der Waals surface area contributed by atoms with E-state index in [9.17, 15) is 9.59 Å². The van der Waals surface area contributed by atoms with E-state index in [-0.39, 0.29) is 23.1 Å². The number of hydrogen-bond acceptors (Lipinski definition) is 3. The highest BCUT2D eigenvalue weighted by Crippen LogP contribution is 2.49. The van der Waals surface area contributed by atoms with Gasteiger partial charge in [0.05, 0.1) is 18.9 Å². The SMILES string of the molecule is CCOc1ccc(CC(=O)N2CC(C(=O)NC)C3(CCCC3)C2)cc1. The predicted octanol–water partition coefficient (Wildman–Crippen LogP) is 2.39. The van der Waals surface area contributed by atoms with Crippen LogP contribution >= 0.6 is 0 Å². The van der Waals surface area contributed by atoms with Crippen LogP contribution in [0.2, 0.25) is 0 Å². The molecule has 1 unspecified atom stereocenters. The monoisotopic (exact) mass is 344 g/mol. The molecule has 2 amide bonds. The van der Waals surface area contributed by atoms with Gasteiger partial charge >= 0.3 is 0 Å². The molecule has 0 bridgehead atoms. The van der Waals surface area contributed by atoms with Crippen molar-refractivity contribution in [3.63, 3.8) is 0 Å². The third-order valence-electron chi connectivity index (χ3n) is 5.75. The Morgan fingerprint density at radius 3 is 2.52 bits per heavy atom. The summed E-state index contributed by atoms with van der Waals surface area (Å²) in [6, 6.07) is 7.70. The van der Waals surface area contributed by atoms with Gasteiger partial charge in [-0.25, -0.2) is 0 Å². The lowest BCUT2D eigenvalue weighted by Gasteiger charge is -2.28. The van der Waals surface area contributed by atoms with Crippen molar-refractivity contribution in [1.29, 1.82) is 0 Å². The van der Waals surface area contributed by atoms with Crippen LogP contribution in [0.1, 0.15) is 38.2 Å². The minimum atomic E-state index is -0.0655. The Balaban J connectivity index is 1.67. The zero-order chi connectivity index (χ0) is 17.9. The van der Waals surface area contributed by atoms with Crippen LogP contribution in [-0.2, 0) is 16.0 Å². The van der Waals surface area contributed by atoms with Crippen molar-refractivity contribution >= 4 is 11.8 Å². The van der Waals surface area contributed by atoms with Gasteiger partial charge in [0.15, 0.2) is 0 Å². The molecule has 2 fully saturated rings. The summed E-state index contributed by atoms with van der Waals surface area (Å²) in [6.07, 6.45) is 4.81. The van der Waals surface area contributed by atoms with Gasteiger partial charge < -0.3 is 15.0 Å². The Kier molecular flexibility index (Phi) is 5.30. The molecule has 1 N–H and O–H groups in total. The van der Waals surface area contributed by atoms with Crippen molar-refractivity contribution in [3.05, 3.63) is 29.8 Å². The van der Waals surface area contributed by atoms with Crippen molar-refractivity contribution in [1.82, 2.24) is 10.2 Å². The largest absolute Gasteiger partial charge is 0.494 e. The van der Waals surface area contributed by atoms with Crippen LogP contribution in [0, 0.1) is 11.3 Å². The number of likely N-dealkylation sites (tertiary alicyclic amines) is 1. The van der Waals surface area contributed by atoms with Crippen molar-refractivity contribution in [2.45, 2.75) is 39.0 Å². The van der Waals surface area contributed by atoms with Crippen LogP contribution in [0.3, 0.4) is 0 Å². The molecule has 0 aromatic heterocycles. The molecule has 1 heterocycles. The van der Waals surface area contributed by atoms with Gasteiger partial charge in [-0.2, -0.15) is 0 Å². The first-order valence-electron chi connectivity index (χ1n) is 9.29. The fourth-order valence-corrected chi connectivity index (χ4v) is 4.44. The van der Waals surface area contributed by atoms with Crippen LogP contribution in [0.25, 0.3) is 0 Å². The van der Waals surface area contributed by atoms with Crippen molar-refractivity contribution in [2.75, 3.05) is 26.7 Å². The molecular formula is C20H28N2O3. The molecule has 1 aromatic rings. The molecule has 1 aliphatic heterocycles. The number of nitrogens with zero attached hydrogens (tertiary/aromatic N) is 1. The Hall–Kier alpha value is -2.04. The highest BCUT2D eigenvalue weighted by Gasteiger charge is 2.51. The first-order valence-corrected chi connectivity index (χ1v) is 9.29. The van der Waals surface area contributed by atoms with Crippen LogP contribution in [0.15, 0.2) is 24.3 Å². The number of ether oxygens (including phenoxy) is 1. The summed E-state index contributed by atoms with van der Waals surface area (Å²) in [7, 11) is 1.69. The average Bonchev–Trinajstić information content (AvgIpc) is 3.24. The standard InChI is InChI=1S/C20H28N2O3/c1-3-25-16-8-6-15(7-9-16)12-18(23)22-13-17(19(24)21-2)20(14-22)10-4-5-11-20/h6-9,17H,3-5,10-14H2,1-2H3,(H,21,24). The van der Waals surface area contributed by atoms with Gasteiger partial charge in [0.2, 0.25) is 11.8 Å². The molecule has 0 radical (unpaired) electrons. The maximum absolute atomic E-state index is 12.8. The number of carbonyl (C=O) groups excluding carboxylic acids is 2. The summed E-state index contributed by atoms with van der Waals surface area (Å²) in [5, 5.41) is 2.79. The summed E-state index contributed by atoms with van der Waals surface area (Å²) in [4.78, 5) is 27.0. The molecule has 1 aromatic carbocycles. The molecule has 3 rings (SSSR count). The Morgan fingerprint density at radius 1 is 1.24 bits per heavy atom. The first kappa shape index (κ1) is 17.8. The predicted molar refractivity (Wildman–Crippen MR) is 96.4 cm³/mol. The lowest BCUT2D eigenvalue weighted by atomic mass is 9.76.